The highest BCUT2D eigenvalue weighted by Crippen LogP contribution is 2.28. The minimum atomic E-state index is -1.49. The SMILES string of the molecule is CC1=C[C@@H](O)C[C@@H](F)Cc2nc(co2)C(=O)N2CCC[C@@H]2C(=O)O[C@H](C(C)C)[C@H](CC(O)NCCCN2C=C(c3cccc(N)c3)NN2C)/C=C/C(=O)NCC=C1. The third kappa shape index (κ3) is 12.5. The van der Waals surface area contributed by atoms with E-state index >= 15 is 0 Å². The van der Waals surface area contributed by atoms with Crippen LogP contribution in [0.1, 0.15) is 74.8 Å². The monoisotopic (exact) mass is 792 g/mol. The fraction of sp³-hybridized carbons (Fsp3) is 0.512. The number of allylic oxidation sites excluding steroid dienone is 2. The number of nitrogens with one attached hydrogen (secondary N) is 3. The number of alkyl halides is 1. The predicted octanol–water partition coefficient (Wildman–Crippen LogP) is 3.22. The topological polar surface area (TPSA) is 199 Å². The van der Waals surface area contributed by atoms with Crippen molar-refractivity contribution in [3.05, 3.63) is 89.8 Å². The van der Waals surface area contributed by atoms with Crippen LogP contribution in [0, 0.1) is 11.8 Å². The summed E-state index contributed by atoms with van der Waals surface area (Å²) in [6.07, 6.45) is 8.06. The summed E-state index contributed by atoms with van der Waals surface area (Å²) in [7, 11) is 1.91. The maximum atomic E-state index is 14.9. The number of nitrogens with zero attached hydrogens (tertiary/aromatic N) is 4. The maximum Gasteiger partial charge on any atom is 0.329 e. The Hall–Kier alpha value is -5.03. The van der Waals surface area contributed by atoms with Crippen LogP contribution in [0.2, 0.25) is 0 Å². The van der Waals surface area contributed by atoms with E-state index < -0.39 is 54.4 Å². The van der Waals surface area contributed by atoms with Crippen LogP contribution in [0.3, 0.4) is 0 Å². The number of hydrogen-bond acceptors (Lipinski definition) is 13. The molecule has 1 unspecified atom stereocenters. The summed E-state index contributed by atoms with van der Waals surface area (Å²) in [6, 6.07) is 6.72. The lowest BCUT2D eigenvalue weighted by Gasteiger charge is -2.32. The number of fused-ring (bicyclic) bond motifs is 3. The summed E-state index contributed by atoms with van der Waals surface area (Å²) in [5.41, 5.74) is 12.5. The number of carbonyl (C=O) groups is 3. The van der Waals surface area contributed by atoms with Gasteiger partial charge in [-0.15, -0.1) is 5.12 Å². The Morgan fingerprint density at radius 3 is 2.77 bits per heavy atom. The Bertz CT molecular complexity index is 1810. The van der Waals surface area contributed by atoms with Crippen molar-refractivity contribution in [1.29, 1.82) is 0 Å². The number of nitrogen functional groups attached to an aromatic ring is 1. The average molecular weight is 793 g/mol. The first kappa shape index (κ1) is 43.1. The Labute approximate surface area is 333 Å². The molecule has 3 aliphatic heterocycles. The van der Waals surface area contributed by atoms with Crippen LogP contribution in [-0.4, -0.2) is 112 Å². The maximum absolute atomic E-state index is 14.9. The van der Waals surface area contributed by atoms with Crippen molar-refractivity contribution in [2.45, 2.75) is 89.9 Å². The van der Waals surface area contributed by atoms with Gasteiger partial charge in [0.1, 0.15) is 30.8 Å². The number of hydrogen-bond donors (Lipinski definition) is 6. The van der Waals surface area contributed by atoms with Crippen molar-refractivity contribution in [3.8, 4) is 0 Å². The molecule has 1 aromatic heterocycles. The van der Waals surface area contributed by atoms with Crippen LogP contribution >= 0.6 is 0 Å². The zero-order chi connectivity index (χ0) is 41.1. The molecule has 1 saturated heterocycles. The highest BCUT2D eigenvalue weighted by molar-refractivity contribution is 5.95. The zero-order valence-corrected chi connectivity index (χ0v) is 33.1. The van der Waals surface area contributed by atoms with E-state index in [0.717, 1.165) is 17.5 Å². The van der Waals surface area contributed by atoms with Crippen LogP contribution in [-0.2, 0) is 20.7 Å². The van der Waals surface area contributed by atoms with E-state index in [1.165, 1.54) is 17.1 Å². The van der Waals surface area contributed by atoms with Gasteiger partial charge in [0.25, 0.3) is 5.91 Å². The summed E-state index contributed by atoms with van der Waals surface area (Å²) in [6.45, 7) is 7.13. The molecule has 0 aliphatic carbocycles. The number of hydrazine groups is 2. The van der Waals surface area contributed by atoms with Gasteiger partial charge in [-0.05, 0) is 63.3 Å². The third-order valence-electron chi connectivity index (χ3n) is 10.1. The average Bonchev–Trinajstić information content (AvgIpc) is 3.92. The molecule has 2 amide bonds. The van der Waals surface area contributed by atoms with Gasteiger partial charge in [0.15, 0.2) is 11.6 Å². The first-order valence-corrected chi connectivity index (χ1v) is 19.6. The molecule has 1 aromatic carbocycles. The fourth-order valence-corrected chi connectivity index (χ4v) is 7.21. The number of aliphatic hydroxyl groups excluding tert-OH is 2. The Morgan fingerprint density at radius 1 is 1.19 bits per heavy atom. The molecule has 310 valence electrons. The molecule has 2 bridgehead atoms. The summed E-state index contributed by atoms with van der Waals surface area (Å²) < 4.78 is 26.5. The number of rotatable bonds is 9. The van der Waals surface area contributed by atoms with Gasteiger partial charge >= 0.3 is 5.97 Å². The number of aliphatic hydroxyl groups is 2. The lowest BCUT2D eigenvalue weighted by Crippen LogP contribution is -2.45. The highest BCUT2D eigenvalue weighted by Gasteiger charge is 2.39. The highest BCUT2D eigenvalue weighted by atomic mass is 19.1. The number of esters is 1. The van der Waals surface area contributed by atoms with Gasteiger partial charge in [-0.25, -0.2) is 14.2 Å². The molecule has 0 spiro atoms. The molecule has 6 atom stereocenters. The van der Waals surface area contributed by atoms with E-state index in [2.05, 4.69) is 21.0 Å². The zero-order valence-electron chi connectivity index (χ0n) is 33.1. The second-order valence-corrected chi connectivity index (χ2v) is 15.1. The second-order valence-electron chi connectivity index (χ2n) is 15.1. The molecule has 5 rings (SSSR count). The minimum absolute atomic E-state index is 0.00757. The van der Waals surface area contributed by atoms with Gasteiger partial charge in [0, 0.05) is 56.5 Å². The van der Waals surface area contributed by atoms with Crippen LogP contribution in [0.5, 0.6) is 0 Å². The lowest BCUT2D eigenvalue weighted by atomic mass is 9.89. The molecule has 16 heteroatoms. The van der Waals surface area contributed by atoms with Crippen molar-refractivity contribution < 1.29 is 38.1 Å². The van der Waals surface area contributed by atoms with Crippen molar-refractivity contribution in [2.75, 3.05) is 39.0 Å². The number of amides is 2. The Kier molecular flexibility index (Phi) is 15.4. The molecule has 7 N–H and O–H groups in total. The van der Waals surface area contributed by atoms with Gasteiger partial charge in [-0.1, -0.05) is 55.9 Å². The molecule has 0 radical (unpaired) electrons. The van der Waals surface area contributed by atoms with Crippen LogP contribution in [0.25, 0.3) is 5.70 Å². The second kappa shape index (κ2) is 20.4. The summed E-state index contributed by atoms with van der Waals surface area (Å²) in [5.74, 6) is -2.33. The number of cyclic esters (lactones) is 1. The largest absolute Gasteiger partial charge is 0.460 e. The summed E-state index contributed by atoms with van der Waals surface area (Å²) in [4.78, 5) is 45.9. The van der Waals surface area contributed by atoms with Crippen molar-refractivity contribution in [1.82, 2.24) is 36.1 Å². The molecule has 15 nitrogen and oxygen atoms in total. The molecule has 1 fully saturated rings. The third-order valence-corrected chi connectivity index (χ3v) is 10.1. The van der Waals surface area contributed by atoms with Crippen molar-refractivity contribution in [3.63, 3.8) is 0 Å². The Balaban J connectivity index is 1.28. The van der Waals surface area contributed by atoms with Crippen LogP contribution < -0.4 is 21.8 Å². The van der Waals surface area contributed by atoms with Crippen LogP contribution in [0.15, 0.2) is 77.1 Å². The van der Waals surface area contributed by atoms with E-state index in [4.69, 9.17) is 14.9 Å². The van der Waals surface area contributed by atoms with E-state index in [1.807, 2.05) is 61.5 Å². The number of halogens is 1. The molecular weight excluding hydrogens is 735 g/mol. The van der Waals surface area contributed by atoms with Crippen molar-refractivity contribution in [2.24, 2.45) is 11.8 Å². The van der Waals surface area contributed by atoms with Gasteiger partial charge in [0.05, 0.1) is 18.2 Å². The normalized spacial score (nSPS) is 25.7. The van der Waals surface area contributed by atoms with E-state index in [1.54, 1.807) is 25.2 Å². The molecule has 0 saturated carbocycles. The van der Waals surface area contributed by atoms with E-state index in [-0.39, 0.29) is 49.9 Å². The van der Waals surface area contributed by atoms with Gasteiger partial charge < -0.3 is 35.3 Å². The fourth-order valence-electron chi connectivity index (χ4n) is 7.21. The van der Waals surface area contributed by atoms with Crippen LogP contribution in [0.4, 0.5) is 10.1 Å². The number of ether oxygens (including phenoxy) is 1. The van der Waals surface area contributed by atoms with Gasteiger partial charge in [-0.2, -0.15) is 0 Å². The Morgan fingerprint density at radius 2 is 2.00 bits per heavy atom. The standard InChI is InChI=1S/C41H57FN8O7/c1-26(2)39-29(21-37(53)45-16-8-17-49-24-33(47-48(49)4)28-10-5-11-31(43)20-28)13-14-36(52)44-15-6-9-27(3)19-32(51)22-30(42)23-38-46-34(25-56-38)40(54)50-18-7-12-35(50)41(55)57-39/h5-6,9-11,13-14,19-20,24-26,29-30,32,35,37,39,45,47,51,53H,7-8,12,15-18,21-23,43H2,1-4H3,(H,44,52)/b9-6?,14-13+,27-19?/t29-,30+,32+,35+,37?,39+/m0/s1. The number of nitrogens with two attached hydrogens (primary N) is 1. The molecule has 57 heavy (non-hydrogen) atoms. The summed E-state index contributed by atoms with van der Waals surface area (Å²) in [5, 5.41) is 31.5. The number of aromatic nitrogens is 1. The molecular formula is C41H57FN8O7. The summed E-state index contributed by atoms with van der Waals surface area (Å²) >= 11 is 0. The molecule has 3 aliphatic rings. The number of anilines is 1. The molecule has 4 heterocycles. The minimum Gasteiger partial charge on any atom is -0.460 e. The van der Waals surface area contributed by atoms with Gasteiger partial charge in [-0.3, -0.25) is 25.3 Å². The van der Waals surface area contributed by atoms with Crippen molar-refractivity contribution >= 4 is 29.2 Å². The first-order valence-electron chi connectivity index (χ1n) is 19.6. The molecule has 2 aromatic rings. The smallest absolute Gasteiger partial charge is 0.329 e. The first-order chi connectivity index (χ1) is 27.3. The van der Waals surface area contributed by atoms with E-state index in [9.17, 15) is 29.0 Å². The van der Waals surface area contributed by atoms with E-state index in [0.29, 0.717) is 43.6 Å². The predicted molar refractivity (Wildman–Crippen MR) is 213 cm³/mol. The quantitative estimate of drug-likeness (QED) is 0.0938. The number of carbonyl (C=O) groups excluding carboxylic acids is 3. The lowest BCUT2D eigenvalue weighted by molar-refractivity contribution is -0.159. The van der Waals surface area contributed by atoms with Gasteiger partial charge in [0.2, 0.25) is 5.91 Å². The number of oxazole rings is 1. The number of benzene rings is 1.